The quantitative estimate of drug-likeness (QED) is 0.805. The van der Waals surface area contributed by atoms with Crippen molar-refractivity contribution >= 4 is 16.6 Å². The van der Waals surface area contributed by atoms with Crippen molar-refractivity contribution in [2.75, 3.05) is 11.9 Å². The molecule has 0 spiro atoms. The first-order valence-corrected chi connectivity index (χ1v) is 6.68. The minimum atomic E-state index is 0.792. The summed E-state index contributed by atoms with van der Waals surface area (Å²) in [6.07, 6.45) is 3.55. The zero-order chi connectivity index (χ0) is 11.8. The van der Waals surface area contributed by atoms with E-state index < -0.39 is 0 Å². The van der Waals surface area contributed by atoms with Crippen molar-refractivity contribution < 1.29 is 0 Å². The fourth-order valence-corrected chi connectivity index (χ4v) is 2.74. The van der Waals surface area contributed by atoms with Crippen molar-refractivity contribution in [3.63, 3.8) is 0 Å². The Morgan fingerprint density at radius 3 is 2.88 bits per heavy atom. The highest BCUT2D eigenvalue weighted by atomic mass is 14.9. The summed E-state index contributed by atoms with van der Waals surface area (Å²) in [5.41, 5.74) is 5.43. The van der Waals surface area contributed by atoms with E-state index in [-0.39, 0.29) is 0 Å². The van der Waals surface area contributed by atoms with Crippen LogP contribution in [0.4, 0.5) is 5.69 Å². The van der Waals surface area contributed by atoms with E-state index in [1.807, 2.05) is 0 Å². The van der Waals surface area contributed by atoms with Crippen molar-refractivity contribution in [1.82, 2.24) is 4.98 Å². The molecule has 0 aliphatic carbocycles. The lowest BCUT2D eigenvalue weighted by molar-refractivity contribution is 0.521. The van der Waals surface area contributed by atoms with E-state index in [2.05, 4.69) is 42.3 Å². The van der Waals surface area contributed by atoms with Crippen LogP contribution < -0.4 is 5.32 Å². The van der Waals surface area contributed by atoms with Gasteiger partial charge in [0.25, 0.3) is 0 Å². The van der Waals surface area contributed by atoms with Gasteiger partial charge in [-0.1, -0.05) is 20.3 Å². The Balaban J connectivity index is 2.05. The van der Waals surface area contributed by atoms with Crippen LogP contribution in [0.3, 0.4) is 0 Å². The molecular weight excluding hydrogens is 208 g/mol. The van der Waals surface area contributed by atoms with Gasteiger partial charge in [0.05, 0.1) is 0 Å². The number of aromatic amines is 1. The van der Waals surface area contributed by atoms with E-state index in [9.17, 15) is 0 Å². The summed E-state index contributed by atoms with van der Waals surface area (Å²) >= 11 is 0. The SMILES string of the molecule is CCc1cc2cc3c(cc2[nH]1)CC(CC)CN3. The third-order valence-electron chi connectivity index (χ3n) is 3.95. The highest BCUT2D eigenvalue weighted by molar-refractivity contribution is 5.86. The van der Waals surface area contributed by atoms with Gasteiger partial charge in [0.2, 0.25) is 0 Å². The van der Waals surface area contributed by atoms with Gasteiger partial charge in [-0.15, -0.1) is 0 Å². The molecule has 17 heavy (non-hydrogen) atoms. The van der Waals surface area contributed by atoms with Gasteiger partial charge >= 0.3 is 0 Å². The Morgan fingerprint density at radius 1 is 1.24 bits per heavy atom. The van der Waals surface area contributed by atoms with Gasteiger partial charge in [-0.3, -0.25) is 0 Å². The lowest BCUT2D eigenvalue weighted by atomic mass is 9.91. The largest absolute Gasteiger partial charge is 0.385 e. The summed E-state index contributed by atoms with van der Waals surface area (Å²) in [4.78, 5) is 3.50. The molecule has 0 radical (unpaired) electrons. The average molecular weight is 228 g/mol. The number of hydrogen-bond acceptors (Lipinski definition) is 1. The maximum absolute atomic E-state index is 3.57. The van der Waals surface area contributed by atoms with Crippen molar-refractivity contribution in [2.45, 2.75) is 33.1 Å². The molecule has 1 unspecified atom stereocenters. The van der Waals surface area contributed by atoms with E-state index in [0.717, 1.165) is 18.9 Å². The summed E-state index contributed by atoms with van der Waals surface area (Å²) in [5, 5.41) is 4.91. The number of nitrogens with one attached hydrogen (secondary N) is 2. The number of rotatable bonds is 2. The number of H-pyrrole nitrogens is 1. The molecule has 2 N–H and O–H groups in total. The van der Waals surface area contributed by atoms with Crippen LogP contribution in [0.2, 0.25) is 0 Å². The molecule has 0 bridgehead atoms. The predicted octanol–water partition coefficient (Wildman–Crippen LogP) is 3.72. The molecule has 90 valence electrons. The van der Waals surface area contributed by atoms with Crippen LogP contribution in [-0.4, -0.2) is 11.5 Å². The van der Waals surface area contributed by atoms with Crippen LogP contribution >= 0.6 is 0 Å². The number of aromatic nitrogens is 1. The molecule has 2 aromatic rings. The fraction of sp³-hybridized carbons (Fsp3) is 0.467. The minimum absolute atomic E-state index is 0.792. The van der Waals surface area contributed by atoms with Crippen LogP contribution in [0.1, 0.15) is 31.5 Å². The van der Waals surface area contributed by atoms with Gasteiger partial charge in [0.1, 0.15) is 0 Å². The standard InChI is InChI=1S/C15H20N2/c1-3-10-5-11-8-15-12(6-13(4-2)17-15)7-14(11)16-9-10/h6-8,10,16-17H,3-5,9H2,1-2H3. The van der Waals surface area contributed by atoms with Crippen molar-refractivity contribution in [3.8, 4) is 0 Å². The Kier molecular flexibility index (Phi) is 2.58. The first-order valence-electron chi connectivity index (χ1n) is 6.68. The van der Waals surface area contributed by atoms with E-state index >= 15 is 0 Å². The lowest BCUT2D eigenvalue weighted by Crippen LogP contribution is -2.22. The molecule has 1 aliphatic rings. The highest BCUT2D eigenvalue weighted by Gasteiger charge is 2.17. The topological polar surface area (TPSA) is 27.8 Å². The van der Waals surface area contributed by atoms with Crippen molar-refractivity contribution in [1.29, 1.82) is 0 Å². The Morgan fingerprint density at radius 2 is 2.12 bits per heavy atom. The van der Waals surface area contributed by atoms with Crippen LogP contribution in [0.5, 0.6) is 0 Å². The third kappa shape index (κ3) is 1.82. The molecule has 3 rings (SSSR count). The maximum Gasteiger partial charge on any atom is 0.0460 e. The number of fused-ring (bicyclic) bond motifs is 2. The molecule has 1 aromatic heterocycles. The molecule has 1 aromatic carbocycles. The third-order valence-corrected chi connectivity index (χ3v) is 3.95. The molecule has 0 saturated heterocycles. The van der Waals surface area contributed by atoms with Gasteiger partial charge in [-0.2, -0.15) is 0 Å². The molecule has 2 nitrogen and oxygen atoms in total. The summed E-state index contributed by atoms with van der Waals surface area (Å²) < 4.78 is 0. The van der Waals surface area contributed by atoms with Crippen LogP contribution in [0, 0.1) is 5.92 Å². The number of aryl methyl sites for hydroxylation is 1. The predicted molar refractivity (Wildman–Crippen MR) is 73.7 cm³/mol. The van der Waals surface area contributed by atoms with Crippen LogP contribution in [-0.2, 0) is 12.8 Å². The van der Waals surface area contributed by atoms with Gasteiger partial charge in [0, 0.05) is 28.8 Å². The van der Waals surface area contributed by atoms with E-state index in [1.54, 1.807) is 0 Å². The zero-order valence-electron chi connectivity index (χ0n) is 10.6. The number of benzene rings is 1. The molecule has 0 fully saturated rings. The zero-order valence-corrected chi connectivity index (χ0v) is 10.6. The monoisotopic (exact) mass is 228 g/mol. The maximum atomic E-state index is 3.57. The number of anilines is 1. The molecule has 0 saturated carbocycles. The fourth-order valence-electron chi connectivity index (χ4n) is 2.74. The highest BCUT2D eigenvalue weighted by Crippen LogP contribution is 2.30. The van der Waals surface area contributed by atoms with Crippen LogP contribution in [0.25, 0.3) is 10.9 Å². The molecule has 2 heteroatoms. The smallest absolute Gasteiger partial charge is 0.0460 e. The molecule has 1 aliphatic heterocycles. The Bertz CT molecular complexity index is 539. The minimum Gasteiger partial charge on any atom is -0.385 e. The second-order valence-corrected chi connectivity index (χ2v) is 5.10. The number of hydrogen-bond donors (Lipinski definition) is 2. The molecular formula is C15H20N2. The lowest BCUT2D eigenvalue weighted by Gasteiger charge is -2.25. The Labute approximate surface area is 102 Å². The van der Waals surface area contributed by atoms with Gasteiger partial charge in [-0.05, 0) is 42.5 Å². The van der Waals surface area contributed by atoms with Crippen molar-refractivity contribution in [2.24, 2.45) is 5.92 Å². The summed E-state index contributed by atoms with van der Waals surface area (Å²) in [6.45, 7) is 5.59. The summed E-state index contributed by atoms with van der Waals surface area (Å²) in [5.74, 6) is 0.792. The van der Waals surface area contributed by atoms with Crippen LogP contribution in [0.15, 0.2) is 18.2 Å². The molecule has 1 atom stereocenters. The van der Waals surface area contributed by atoms with E-state index in [1.165, 1.54) is 40.7 Å². The first-order chi connectivity index (χ1) is 8.30. The van der Waals surface area contributed by atoms with Gasteiger partial charge in [-0.25, -0.2) is 0 Å². The first kappa shape index (κ1) is 10.7. The van der Waals surface area contributed by atoms with Crippen molar-refractivity contribution in [3.05, 3.63) is 29.5 Å². The summed E-state index contributed by atoms with van der Waals surface area (Å²) in [6, 6.07) is 6.90. The molecule has 0 amide bonds. The second-order valence-electron chi connectivity index (χ2n) is 5.10. The summed E-state index contributed by atoms with van der Waals surface area (Å²) in [7, 11) is 0. The average Bonchev–Trinajstić information content (AvgIpc) is 2.77. The second kappa shape index (κ2) is 4.10. The van der Waals surface area contributed by atoms with Gasteiger partial charge < -0.3 is 10.3 Å². The molecule has 2 heterocycles. The normalized spacial score (nSPS) is 19.1. The van der Waals surface area contributed by atoms with Gasteiger partial charge in [0.15, 0.2) is 0 Å². The Hall–Kier alpha value is -1.44. The van der Waals surface area contributed by atoms with E-state index in [4.69, 9.17) is 0 Å². The van der Waals surface area contributed by atoms with E-state index in [0.29, 0.717) is 0 Å².